The van der Waals surface area contributed by atoms with Gasteiger partial charge in [0, 0.05) is 31.7 Å². The van der Waals surface area contributed by atoms with Crippen LogP contribution in [0.2, 0.25) is 0 Å². The minimum absolute atomic E-state index is 0.0431. The minimum Gasteiger partial charge on any atom is -0.489 e. The standard InChI is InChI=1S/C19H22N2O2/c1-15(22)20-17-11-12-21(13-17)18-7-9-19(10-8-18)23-14-16-5-3-2-4-6-16/h2-10,17H,11-14H2,1H3,(H,20,22)/t17-/m0/s1. The van der Waals surface area contributed by atoms with E-state index in [2.05, 4.69) is 34.5 Å². The Morgan fingerprint density at radius 1 is 1.17 bits per heavy atom. The lowest BCUT2D eigenvalue weighted by molar-refractivity contribution is -0.119. The number of nitrogens with zero attached hydrogens (tertiary/aromatic N) is 1. The highest BCUT2D eigenvalue weighted by Gasteiger charge is 2.23. The number of hydrogen-bond acceptors (Lipinski definition) is 3. The van der Waals surface area contributed by atoms with E-state index in [1.54, 1.807) is 6.92 Å². The summed E-state index contributed by atoms with van der Waals surface area (Å²) >= 11 is 0. The molecule has 120 valence electrons. The van der Waals surface area contributed by atoms with Crippen LogP contribution in [0.3, 0.4) is 0 Å². The number of rotatable bonds is 5. The molecular weight excluding hydrogens is 288 g/mol. The molecule has 1 amide bonds. The molecule has 0 bridgehead atoms. The first kappa shape index (κ1) is 15.4. The molecule has 0 radical (unpaired) electrons. The predicted molar refractivity (Wildman–Crippen MR) is 91.7 cm³/mol. The zero-order valence-corrected chi connectivity index (χ0v) is 13.4. The van der Waals surface area contributed by atoms with E-state index in [1.807, 2.05) is 30.3 Å². The molecule has 0 unspecified atom stereocenters. The molecule has 2 aromatic carbocycles. The highest BCUT2D eigenvalue weighted by atomic mass is 16.5. The average Bonchev–Trinajstić information content (AvgIpc) is 3.02. The van der Waals surface area contributed by atoms with E-state index in [-0.39, 0.29) is 11.9 Å². The van der Waals surface area contributed by atoms with Gasteiger partial charge >= 0.3 is 0 Å². The lowest BCUT2D eigenvalue weighted by Crippen LogP contribution is -2.35. The summed E-state index contributed by atoms with van der Waals surface area (Å²) in [5, 5.41) is 2.99. The van der Waals surface area contributed by atoms with Gasteiger partial charge in [0.1, 0.15) is 12.4 Å². The number of carbonyl (C=O) groups excluding carboxylic acids is 1. The third-order valence-corrected chi connectivity index (χ3v) is 4.05. The number of ether oxygens (including phenoxy) is 1. The highest BCUT2D eigenvalue weighted by molar-refractivity contribution is 5.73. The number of amides is 1. The second kappa shape index (κ2) is 7.18. The molecule has 1 fully saturated rings. The molecule has 0 saturated carbocycles. The molecule has 0 aromatic heterocycles. The van der Waals surface area contributed by atoms with Crippen molar-refractivity contribution in [3.8, 4) is 5.75 Å². The van der Waals surface area contributed by atoms with Crippen molar-refractivity contribution in [3.05, 3.63) is 60.2 Å². The fraction of sp³-hybridized carbons (Fsp3) is 0.316. The zero-order valence-electron chi connectivity index (χ0n) is 13.4. The first-order valence-corrected chi connectivity index (χ1v) is 7.99. The molecule has 1 atom stereocenters. The van der Waals surface area contributed by atoms with Gasteiger partial charge in [-0.15, -0.1) is 0 Å². The maximum atomic E-state index is 11.1. The van der Waals surface area contributed by atoms with Crippen molar-refractivity contribution in [3.63, 3.8) is 0 Å². The third kappa shape index (κ3) is 4.25. The van der Waals surface area contributed by atoms with Gasteiger partial charge in [-0.05, 0) is 36.2 Å². The molecular formula is C19H22N2O2. The Labute approximate surface area is 137 Å². The molecule has 0 spiro atoms. The van der Waals surface area contributed by atoms with Gasteiger partial charge < -0.3 is 15.0 Å². The summed E-state index contributed by atoms with van der Waals surface area (Å²) in [5.74, 6) is 0.914. The van der Waals surface area contributed by atoms with Crippen LogP contribution in [0.15, 0.2) is 54.6 Å². The Balaban J connectivity index is 1.54. The van der Waals surface area contributed by atoms with E-state index in [4.69, 9.17) is 4.74 Å². The summed E-state index contributed by atoms with van der Waals surface area (Å²) in [5.41, 5.74) is 2.33. The van der Waals surface area contributed by atoms with Gasteiger partial charge in [-0.2, -0.15) is 0 Å². The van der Waals surface area contributed by atoms with Crippen molar-refractivity contribution in [2.24, 2.45) is 0 Å². The summed E-state index contributed by atoms with van der Waals surface area (Å²) in [6, 6.07) is 18.6. The topological polar surface area (TPSA) is 41.6 Å². The van der Waals surface area contributed by atoms with Crippen molar-refractivity contribution in [2.75, 3.05) is 18.0 Å². The van der Waals surface area contributed by atoms with Gasteiger partial charge in [0.05, 0.1) is 0 Å². The zero-order chi connectivity index (χ0) is 16.1. The van der Waals surface area contributed by atoms with Crippen LogP contribution in [0.5, 0.6) is 5.75 Å². The van der Waals surface area contributed by atoms with Crippen LogP contribution in [0.25, 0.3) is 0 Å². The van der Waals surface area contributed by atoms with Crippen molar-refractivity contribution < 1.29 is 9.53 Å². The van der Waals surface area contributed by atoms with Crippen LogP contribution in [-0.4, -0.2) is 25.0 Å². The van der Waals surface area contributed by atoms with Gasteiger partial charge in [0.25, 0.3) is 0 Å². The second-order valence-corrected chi connectivity index (χ2v) is 5.90. The van der Waals surface area contributed by atoms with Crippen LogP contribution < -0.4 is 15.0 Å². The molecule has 1 N–H and O–H groups in total. The Morgan fingerprint density at radius 2 is 1.91 bits per heavy atom. The van der Waals surface area contributed by atoms with Gasteiger partial charge in [-0.3, -0.25) is 4.79 Å². The quantitative estimate of drug-likeness (QED) is 0.923. The Morgan fingerprint density at radius 3 is 2.61 bits per heavy atom. The van der Waals surface area contributed by atoms with Gasteiger partial charge in [0.2, 0.25) is 5.91 Å². The van der Waals surface area contributed by atoms with E-state index in [0.717, 1.165) is 30.8 Å². The van der Waals surface area contributed by atoms with Crippen LogP contribution >= 0.6 is 0 Å². The van der Waals surface area contributed by atoms with Crippen molar-refractivity contribution in [2.45, 2.75) is 26.0 Å². The monoisotopic (exact) mass is 310 g/mol. The molecule has 2 aromatic rings. The molecule has 1 aliphatic rings. The van der Waals surface area contributed by atoms with Crippen molar-refractivity contribution >= 4 is 11.6 Å². The van der Waals surface area contributed by atoms with E-state index < -0.39 is 0 Å². The Kier molecular flexibility index (Phi) is 4.81. The van der Waals surface area contributed by atoms with E-state index >= 15 is 0 Å². The van der Waals surface area contributed by atoms with E-state index in [9.17, 15) is 4.79 Å². The van der Waals surface area contributed by atoms with Gasteiger partial charge in [-0.1, -0.05) is 30.3 Å². The average molecular weight is 310 g/mol. The Hall–Kier alpha value is -2.49. The molecule has 1 heterocycles. The third-order valence-electron chi connectivity index (χ3n) is 4.05. The minimum atomic E-state index is 0.0431. The lowest BCUT2D eigenvalue weighted by atomic mass is 10.2. The first-order valence-electron chi connectivity index (χ1n) is 7.99. The Bertz CT molecular complexity index is 640. The van der Waals surface area contributed by atoms with E-state index in [0.29, 0.717) is 6.61 Å². The van der Waals surface area contributed by atoms with Crippen LogP contribution in [0, 0.1) is 0 Å². The van der Waals surface area contributed by atoms with Gasteiger partial charge in [0.15, 0.2) is 0 Å². The summed E-state index contributed by atoms with van der Waals surface area (Å²) < 4.78 is 5.81. The first-order chi connectivity index (χ1) is 11.2. The van der Waals surface area contributed by atoms with Crippen molar-refractivity contribution in [1.82, 2.24) is 5.32 Å². The van der Waals surface area contributed by atoms with Gasteiger partial charge in [-0.25, -0.2) is 0 Å². The summed E-state index contributed by atoms with van der Waals surface area (Å²) in [4.78, 5) is 13.4. The number of anilines is 1. The summed E-state index contributed by atoms with van der Waals surface area (Å²) in [6.07, 6.45) is 0.992. The smallest absolute Gasteiger partial charge is 0.217 e. The number of nitrogens with one attached hydrogen (secondary N) is 1. The fourth-order valence-corrected chi connectivity index (χ4v) is 2.89. The molecule has 23 heavy (non-hydrogen) atoms. The van der Waals surface area contributed by atoms with Crippen LogP contribution in [0.1, 0.15) is 18.9 Å². The maximum absolute atomic E-state index is 11.1. The molecule has 1 saturated heterocycles. The molecule has 1 aliphatic heterocycles. The normalized spacial score (nSPS) is 17.1. The van der Waals surface area contributed by atoms with E-state index in [1.165, 1.54) is 5.69 Å². The molecule has 4 nitrogen and oxygen atoms in total. The lowest BCUT2D eigenvalue weighted by Gasteiger charge is -2.19. The molecule has 4 heteroatoms. The number of carbonyl (C=O) groups is 1. The highest BCUT2D eigenvalue weighted by Crippen LogP contribution is 2.23. The second-order valence-electron chi connectivity index (χ2n) is 5.90. The number of hydrogen-bond donors (Lipinski definition) is 1. The van der Waals surface area contributed by atoms with Crippen LogP contribution in [0.4, 0.5) is 5.69 Å². The SMILES string of the molecule is CC(=O)N[C@H]1CCN(c2ccc(OCc3ccccc3)cc2)C1. The largest absolute Gasteiger partial charge is 0.489 e. The number of benzene rings is 2. The predicted octanol–water partition coefficient (Wildman–Crippen LogP) is 2.98. The summed E-state index contributed by atoms with van der Waals surface area (Å²) in [7, 11) is 0. The maximum Gasteiger partial charge on any atom is 0.217 e. The molecule has 0 aliphatic carbocycles. The fourth-order valence-electron chi connectivity index (χ4n) is 2.89. The molecule has 3 rings (SSSR count). The van der Waals surface area contributed by atoms with Crippen molar-refractivity contribution in [1.29, 1.82) is 0 Å². The van der Waals surface area contributed by atoms with Crippen LogP contribution in [-0.2, 0) is 11.4 Å². The summed E-state index contributed by atoms with van der Waals surface area (Å²) in [6.45, 7) is 3.98.